The average molecular weight is 598 g/mol. The monoisotopic (exact) mass is 597 g/mol. The van der Waals surface area contributed by atoms with Crippen LogP contribution in [0, 0.1) is 0 Å². The van der Waals surface area contributed by atoms with Crippen LogP contribution in [0.25, 0.3) is 0 Å². The minimum atomic E-state index is -0.486. The van der Waals surface area contributed by atoms with Crippen molar-refractivity contribution in [2.45, 2.75) is 32.8 Å². The van der Waals surface area contributed by atoms with Gasteiger partial charge in [-0.25, -0.2) is 4.79 Å². The van der Waals surface area contributed by atoms with E-state index in [0.29, 0.717) is 49.8 Å². The number of carbonyl (C=O) groups is 3. The number of anilines is 1. The number of hydrogen-bond acceptors (Lipinski definition) is 7. The number of rotatable bonds is 10. The van der Waals surface area contributed by atoms with Crippen molar-refractivity contribution in [1.82, 2.24) is 9.80 Å². The van der Waals surface area contributed by atoms with Crippen molar-refractivity contribution >= 4 is 23.5 Å². The van der Waals surface area contributed by atoms with E-state index in [9.17, 15) is 14.4 Å². The molecule has 44 heavy (non-hydrogen) atoms. The van der Waals surface area contributed by atoms with Gasteiger partial charge in [-0.1, -0.05) is 54.6 Å². The molecular weight excluding hydrogens is 558 g/mol. The highest BCUT2D eigenvalue weighted by Crippen LogP contribution is 2.38. The summed E-state index contributed by atoms with van der Waals surface area (Å²) in [7, 11) is 1.65. The van der Waals surface area contributed by atoms with Gasteiger partial charge in [-0.15, -0.1) is 0 Å². The van der Waals surface area contributed by atoms with E-state index in [4.69, 9.17) is 14.2 Å². The van der Waals surface area contributed by atoms with Crippen LogP contribution in [-0.2, 0) is 25.7 Å². The van der Waals surface area contributed by atoms with Crippen molar-refractivity contribution in [2.75, 3.05) is 51.3 Å². The lowest BCUT2D eigenvalue weighted by Gasteiger charge is -2.39. The maximum atomic E-state index is 13.5. The van der Waals surface area contributed by atoms with Crippen LogP contribution in [0.5, 0.6) is 11.5 Å². The summed E-state index contributed by atoms with van der Waals surface area (Å²) in [6, 6.07) is 25.2. The van der Waals surface area contributed by atoms with Gasteiger partial charge >= 0.3 is 5.97 Å². The fourth-order valence-electron chi connectivity index (χ4n) is 5.82. The van der Waals surface area contributed by atoms with Crippen LogP contribution in [0.4, 0.5) is 5.69 Å². The maximum absolute atomic E-state index is 13.5. The summed E-state index contributed by atoms with van der Waals surface area (Å²) in [4.78, 5) is 45.5. The Balaban J connectivity index is 1.28. The first-order valence-electron chi connectivity index (χ1n) is 15.0. The molecule has 0 radical (unpaired) electrons. The van der Waals surface area contributed by atoms with Crippen LogP contribution in [0.2, 0.25) is 0 Å². The summed E-state index contributed by atoms with van der Waals surface area (Å²) >= 11 is 0. The second kappa shape index (κ2) is 14.1. The molecule has 9 heteroatoms. The minimum Gasteiger partial charge on any atom is -0.495 e. The van der Waals surface area contributed by atoms with Gasteiger partial charge in [0.2, 0.25) is 11.8 Å². The SMILES string of the molecule is CCOC(=O)C1=C(C)N(CC(=O)N2CCN(c3ccccc3OC)CC2)C(=O)CC1c1ccc(OCc2ccccc2)cc1. The summed E-state index contributed by atoms with van der Waals surface area (Å²) in [5.41, 5.74) is 3.72. The smallest absolute Gasteiger partial charge is 0.336 e. The standard InChI is InChI=1S/C35H39N3O6/c1-4-43-35(41)34-25(2)38(23-33(40)37-20-18-36(19-21-37)30-12-8-9-13-31(30)42-3)32(39)22-29(34)27-14-16-28(17-15-27)44-24-26-10-6-5-7-11-26/h5-17,29H,4,18-24H2,1-3H3. The molecule has 1 atom stereocenters. The topological polar surface area (TPSA) is 88.6 Å². The van der Waals surface area contributed by atoms with Gasteiger partial charge in [0.05, 0.1) is 25.0 Å². The summed E-state index contributed by atoms with van der Waals surface area (Å²) in [5, 5.41) is 0. The highest BCUT2D eigenvalue weighted by molar-refractivity contribution is 5.97. The van der Waals surface area contributed by atoms with Crippen molar-refractivity contribution in [1.29, 1.82) is 0 Å². The fraction of sp³-hybridized carbons (Fsp3) is 0.343. The van der Waals surface area contributed by atoms with Crippen molar-refractivity contribution in [3.05, 3.63) is 101 Å². The Morgan fingerprint density at radius 2 is 1.57 bits per heavy atom. The zero-order chi connectivity index (χ0) is 31.1. The fourth-order valence-corrected chi connectivity index (χ4v) is 5.82. The van der Waals surface area contributed by atoms with Gasteiger partial charge in [-0.2, -0.15) is 0 Å². The van der Waals surface area contributed by atoms with Gasteiger partial charge in [0.1, 0.15) is 24.7 Å². The molecule has 2 aliphatic rings. The third-order valence-corrected chi connectivity index (χ3v) is 8.20. The zero-order valence-electron chi connectivity index (χ0n) is 25.5. The molecule has 0 aromatic heterocycles. The first-order valence-corrected chi connectivity index (χ1v) is 15.0. The normalized spacial score (nSPS) is 17.0. The van der Waals surface area contributed by atoms with Gasteiger partial charge in [0, 0.05) is 44.2 Å². The molecule has 0 bridgehead atoms. The molecule has 3 aromatic rings. The first-order chi connectivity index (χ1) is 21.4. The predicted molar refractivity (Wildman–Crippen MR) is 167 cm³/mol. The van der Waals surface area contributed by atoms with E-state index in [2.05, 4.69) is 4.90 Å². The van der Waals surface area contributed by atoms with Gasteiger partial charge in [0.25, 0.3) is 0 Å². The summed E-state index contributed by atoms with van der Waals surface area (Å²) in [6.07, 6.45) is 0.0601. The number of piperazine rings is 1. The second-order valence-electron chi connectivity index (χ2n) is 10.8. The van der Waals surface area contributed by atoms with Gasteiger partial charge in [-0.3, -0.25) is 9.59 Å². The second-order valence-corrected chi connectivity index (χ2v) is 10.8. The Morgan fingerprint density at radius 3 is 2.25 bits per heavy atom. The zero-order valence-corrected chi connectivity index (χ0v) is 25.5. The molecule has 2 amide bonds. The number of amides is 2. The molecule has 2 heterocycles. The maximum Gasteiger partial charge on any atom is 0.336 e. The third-order valence-electron chi connectivity index (χ3n) is 8.20. The molecule has 0 spiro atoms. The highest BCUT2D eigenvalue weighted by Gasteiger charge is 2.38. The Labute approximate surface area is 258 Å². The number of carbonyl (C=O) groups excluding carboxylic acids is 3. The molecule has 3 aromatic carbocycles. The van der Waals surface area contributed by atoms with E-state index in [1.807, 2.05) is 78.9 Å². The molecular formula is C35H39N3O6. The Bertz CT molecular complexity index is 1500. The molecule has 0 saturated carbocycles. The lowest BCUT2D eigenvalue weighted by Crippen LogP contribution is -2.52. The number of esters is 1. The van der Waals surface area contributed by atoms with E-state index < -0.39 is 11.9 Å². The number of hydrogen-bond donors (Lipinski definition) is 0. The van der Waals surface area contributed by atoms with Gasteiger partial charge in [0.15, 0.2) is 0 Å². The molecule has 1 saturated heterocycles. The molecule has 1 fully saturated rings. The largest absolute Gasteiger partial charge is 0.495 e. The molecule has 5 rings (SSSR count). The molecule has 9 nitrogen and oxygen atoms in total. The molecule has 0 aliphatic carbocycles. The van der Waals surface area contributed by atoms with E-state index in [1.54, 1.807) is 25.9 Å². The lowest BCUT2D eigenvalue weighted by molar-refractivity contribution is -0.142. The molecule has 0 N–H and O–H groups in total. The highest BCUT2D eigenvalue weighted by atomic mass is 16.5. The molecule has 2 aliphatic heterocycles. The first kappa shape index (κ1) is 30.7. The van der Waals surface area contributed by atoms with E-state index in [0.717, 1.165) is 22.6 Å². The lowest BCUT2D eigenvalue weighted by atomic mass is 9.83. The summed E-state index contributed by atoms with van der Waals surface area (Å²) in [5.74, 6) is 0.165. The van der Waals surface area contributed by atoms with Crippen molar-refractivity contribution in [3.63, 3.8) is 0 Å². The van der Waals surface area contributed by atoms with Crippen LogP contribution >= 0.6 is 0 Å². The molecule has 230 valence electrons. The van der Waals surface area contributed by atoms with Crippen LogP contribution in [0.3, 0.4) is 0 Å². The quantitative estimate of drug-likeness (QED) is 0.311. The van der Waals surface area contributed by atoms with Gasteiger partial charge in [-0.05, 0) is 49.2 Å². The van der Waals surface area contributed by atoms with E-state index >= 15 is 0 Å². The summed E-state index contributed by atoms with van der Waals surface area (Å²) in [6.45, 7) is 6.34. The number of para-hydroxylation sites is 2. The van der Waals surface area contributed by atoms with Crippen LogP contribution in [0.15, 0.2) is 90.1 Å². The van der Waals surface area contributed by atoms with Crippen LogP contribution in [-0.4, -0.2) is 74.0 Å². The summed E-state index contributed by atoms with van der Waals surface area (Å²) < 4.78 is 16.8. The number of nitrogens with zero attached hydrogens (tertiary/aromatic N) is 3. The molecule has 1 unspecified atom stereocenters. The van der Waals surface area contributed by atoms with Crippen molar-refractivity contribution in [2.24, 2.45) is 0 Å². The van der Waals surface area contributed by atoms with Crippen molar-refractivity contribution < 1.29 is 28.6 Å². The van der Waals surface area contributed by atoms with E-state index in [1.165, 1.54) is 4.90 Å². The minimum absolute atomic E-state index is 0.0601. The Kier molecular flexibility index (Phi) is 9.84. The Hall–Kier alpha value is -4.79. The third kappa shape index (κ3) is 6.88. The van der Waals surface area contributed by atoms with Gasteiger partial charge < -0.3 is 28.9 Å². The number of ether oxygens (including phenoxy) is 3. The Morgan fingerprint density at radius 1 is 0.886 bits per heavy atom. The van der Waals surface area contributed by atoms with Crippen LogP contribution < -0.4 is 14.4 Å². The number of methoxy groups -OCH3 is 1. The number of benzene rings is 3. The van der Waals surface area contributed by atoms with E-state index in [-0.39, 0.29) is 31.4 Å². The number of allylic oxidation sites excluding steroid dienone is 1. The van der Waals surface area contributed by atoms with Crippen LogP contribution in [0.1, 0.15) is 37.3 Å². The average Bonchev–Trinajstić information content (AvgIpc) is 3.06. The predicted octanol–water partition coefficient (Wildman–Crippen LogP) is 4.78. The van der Waals surface area contributed by atoms with Crippen molar-refractivity contribution in [3.8, 4) is 11.5 Å².